The fourth-order valence-electron chi connectivity index (χ4n) is 1.45. The Kier molecular flexibility index (Phi) is 3.85. The van der Waals surface area contributed by atoms with Crippen molar-refractivity contribution in [2.24, 2.45) is 0 Å². The van der Waals surface area contributed by atoms with Gasteiger partial charge in [-0.25, -0.2) is 14.7 Å². The second-order valence-electron chi connectivity index (χ2n) is 3.62. The number of carbonyl (C=O) groups is 1. The molecule has 1 aromatic carbocycles. The van der Waals surface area contributed by atoms with E-state index < -0.39 is 11.2 Å². The first kappa shape index (κ1) is 13.1. The second-order valence-corrected chi connectivity index (χ2v) is 3.62. The Labute approximate surface area is 108 Å². The largest absolute Gasteiger partial charge is 0.595 e. The summed E-state index contributed by atoms with van der Waals surface area (Å²) in [7, 11) is 0. The molecule has 1 heterocycles. The normalized spacial score (nSPS) is 12.2. The number of esters is 1. The first-order chi connectivity index (χ1) is 9.11. The van der Waals surface area contributed by atoms with E-state index in [0.717, 1.165) is 0 Å². The van der Waals surface area contributed by atoms with Crippen LogP contribution in [-0.4, -0.2) is 32.8 Å². The molecule has 0 aliphatic carbocycles. The van der Waals surface area contributed by atoms with Crippen molar-refractivity contribution in [1.82, 2.24) is 15.0 Å². The van der Waals surface area contributed by atoms with Crippen molar-refractivity contribution in [3.8, 4) is 5.69 Å². The Hall–Kier alpha value is -2.29. The Balaban J connectivity index is 2.20. The van der Waals surface area contributed by atoms with Crippen molar-refractivity contribution < 1.29 is 20.0 Å². The summed E-state index contributed by atoms with van der Waals surface area (Å²) < 4.78 is 6.17. The number of rotatable bonds is 4. The number of hydrogen-bond donors (Lipinski definition) is 2. The minimum atomic E-state index is -1.00. The van der Waals surface area contributed by atoms with Crippen molar-refractivity contribution in [3.05, 3.63) is 41.4 Å². The van der Waals surface area contributed by atoms with Gasteiger partial charge in [0.15, 0.2) is 11.4 Å². The van der Waals surface area contributed by atoms with E-state index in [0.29, 0.717) is 5.69 Å². The number of nitrogens with one attached hydrogen (secondary N) is 1. The van der Waals surface area contributed by atoms with Gasteiger partial charge in [-0.3, -0.25) is 0 Å². The molecule has 0 saturated heterocycles. The Morgan fingerprint density at radius 1 is 1.47 bits per heavy atom. The zero-order chi connectivity index (χ0) is 13.8. The molecule has 2 N–H and O–H groups in total. The van der Waals surface area contributed by atoms with E-state index in [4.69, 9.17) is 9.94 Å². The smallest absolute Gasteiger partial charge is 0.360 e. The number of nitrogens with zero attached hydrogens (tertiary/aromatic N) is 3. The van der Waals surface area contributed by atoms with Gasteiger partial charge in [-0.1, -0.05) is 5.21 Å². The first-order valence-corrected chi connectivity index (χ1v) is 5.55. The van der Waals surface area contributed by atoms with Crippen molar-refractivity contribution in [2.75, 3.05) is 6.61 Å². The SMILES string of the molecule is CCOC(=O)c1cn(-c2ccc([NH+]([O-])O)cc2)nn1. The van der Waals surface area contributed by atoms with Gasteiger partial charge in [0.25, 0.3) is 0 Å². The molecule has 100 valence electrons. The first-order valence-electron chi connectivity index (χ1n) is 5.55. The van der Waals surface area contributed by atoms with Crippen LogP contribution in [0.5, 0.6) is 0 Å². The highest BCUT2D eigenvalue weighted by atomic mass is 16.8. The molecule has 0 saturated carbocycles. The summed E-state index contributed by atoms with van der Waals surface area (Å²) in [5.41, 5.74) is 0.881. The zero-order valence-corrected chi connectivity index (χ0v) is 10.1. The summed E-state index contributed by atoms with van der Waals surface area (Å²) >= 11 is 0. The molecule has 0 spiro atoms. The predicted octanol–water partition coefficient (Wildman–Crippen LogP) is -0.153. The molecule has 0 radical (unpaired) electrons. The maximum atomic E-state index is 11.4. The lowest BCUT2D eigenvalue weighted by atomic mass is 10.3. The van der Waals surface area contributed by atoms with Gasteiger partial charge < -0.3 is 9.94 Å². The van der Waals surface area contributed by atoms with Gasteiger partial charge in [-0.05, 0) is 19.1 Å². The maximum absolute atomic E-state index is 11.4. The monoisotopic (exact) mass is 264 g/mol. The molecule has 0 fully saturated rings. The van der Waals surface area contributed by atoms with Gasteiger partial charge in [0.05, 0.1) is 18.5 Å². The van der Waals surface area contributed by atoms with Gasteiger partial charge >= 0.3 is 5.97 Å². The average molecular weight is 264 g/mol. The minimum Gasteiger partial charge on any atom is -0.595 e. The molecule has 1 atom stereocenters. The summed E-state index contributed by atoms with van der Waals surface area (Å²) in [6, 6.07) is 6.05. The van der Waals surface area contributed by atoms with Crippen molar-refractivity contribution >= 4 is 11.7 Å². The molecule has 2 aromatic rings. The molecule has 8 nitrogen and oxygen atoms in total. The van der Waals surface area contributed by atoms with Crippen molar-refractivity contribution in [2.45, 2.75) is 6.92 Å². The van der Waals surface area contributed by atoms with Crippen LogP contribution in [0.3, 0.4) is 0 Å². The second kappa shape index (κ2) is 5.57. The van der Waals surface area contributed by atoms with E-state index in [-0.39, 0.29) is 18.0 Å². The fourth-order valence-corrected chi connectivity index (χ4v) is 1.45. The fraction of sp³-hybridized carbons (Fsp3) is 0.182. The van der Waals surface area contributed by atoms with Crippen molar-refractivity contribution in [1.29, 1.82) is 0 Å². The average Bonchev–Trinajstić information content (AvgIpc) is 2.89. The van der Waals surface area contributed by atoms with Crippen LogP contribution in [0.1, 0.15) is 17.4 Å². The lowest BCUT2D eigenvalue weighted by Gasteiger charge is -2.11. The van der Waals surface area contributed by atoms with Crippen molar-refractivity contribution in [3.63, 3.8) is 0 Å². The molecule has 19 heavy (non-hydrogen) atoms. The number of quaternary nitrogens is 1. The highest BCUT2D eigenvalue weighted by Crippen LogP contribution is 2.10. The molecular formula is C11H12N4O4. The number of hydrogen-bond acceptors (Lipinski definition) is 6. The van der Waals surface area contributed by atoms with Crippen LogP contribution in [0.15, 0.2) is 30.5 Å². The lowest BCUT2D eigenvalue weighted by Crippen LogP contribution is -2.99. The van der Waals surface area contributed by atoms with Crippen LogP contribution in [0.25, 0.3) is 5.69 Å². The maximum Gasteiger partial charge on any atom is 0.360 e. The Bertz CT molecular complexity index is 564. The molecule has 2 rings (SSSR count). The quantitative estimate of drug-likeness (QED) is 0.587. The molecule has 8 heteroatoms. The molecule has 1 aromatic heterocycles. The standard InChI is InChI=1S/C11H12N4O4/c1-2-19-11(16)10-7-14(13-12-10)8-3-5-9(6-4-8)15(17)18/h3-7,15,17H,2H2,1H3. The van der Waals surface area contributed by atoms with Gasteiger partial charge in [-0.2, -0.15) is 5.23 Å². The van der Waals surface area contributed by atoms with E-state index >= 15 is 0 Å². The van der Waals surface area contributed by atoms with E-state index in [9.17, 15) is 10.0 Å². The molecular weight excluding hydrogens is 252 g/mol. The van der Waals surface area contributed by atoms with Gasteiger partial charge in [0.2, 0.25) is 0 Å². The van der Waals surface area contributed by atoms with E-state index in [1.807, 2.05) is 0 Å². The number of aromatic nitrogens is 3. The van der Waals surface area contributed by atoms with Crippen LogP contribution in [0.4, 0.5) is 5.69 Å². The lowest BCUT2D eigenvalue weighted by molar-refractivity contribution is -0.991. The van der Waals surface area contributed by atoms with Gasteiger partial charge in [0.1, 0.15) is 0 Å². The summed E-state index contributed by atoms with van der Waals surface area (Å²) in [5, 5.41) is 26.0. The van der Waals surface area contributed by atoms with Crippen LogP contribution in [0, 0.1) is 5.21 Å². The Morgan fingerprint density at radius 2 is 2.16 bits per heavy atom. The third kappa shape index (κ3) is 2.94. The zero-order valence-electron chi connectivity index (χ0n) is 10.1. The molecule has 0 aliphatic rings. The molecule has 1 unspecified atom stereocenters. The van der Waals surface area contributed by atoms with E-state index in [2.05, 4.69) is 10.3 Å². The van der Waals surface area contributed by atoms with Crippen LogP contribution in [-0.2, 0) is 4.74 Å². The van der Waals surface area contributed by atoms with Crippen LogP contribution in [0.2, 0.25) is 0 Å². The van der Waals surface area contributed by atoms with Crippen LogP contribution >= 0.6 is 0 Å². The third-order valence-corrected chi connectivity index (χ3v) is 2.36. The third-order valence-electron chi connectivity index (χ3n) is 2.36. The van der Waals surface area contributed by atoms with Gasteiger partial charge in [-0.15, -0.1) is 5.10 Å². The summed E-state index contributed by atoms with van der Waals surface area (Å²) in [5.74, 6) is -0.545. The van der Waals surface area contributed by atoms with Gasteiger partial charge in [0, 0.05) is 12.1 Å². The molecule has 0 aliphatic heterocycles. The number of benzene rings is 1. The number of carbonyl (C=O) groups excluding carboxylic acids is 1. The topological polar surface area (TPSA) is 105 Å². The predicted molar refractivity (Wildman–Crippen MR) is 63.1 cm³/mol. The Morgan fingerprint density at radius 3 is 2.74 bits per heavy atom. The minimum absolute atomic E-state index is 0.101. The highest BCUT2D eigenvalue weighted by molar-refractivity contribution is 5.86. The number of ether oxygens (including phenoxy) is 1. The summed E-state index contributed by atoms with van der Waals surface area (Å²) in [6.45, 7) is 1.96. The van der Waals surface area contributed by atoms with E-state index in [1.54, 1.807) is 19.1 Å². The summed E-state index contributed by atoms with van der Waals surface area (Å²) in [6.07, 6.45) is 1.42. The molecule has 0 amide bonds. The van der Waals surface area contributed by atoms with Crippen LogP contribution < -0.4 is 5.23 Å². The summed E-state index contributed by atoms with van der Waals surface area (Å²) in [4.78, 5) is 11.4. The van der Waals surface area contributed by atoms with E-state index in [1.165, 1.54) is 23.0 Å². The molecule has 0 bridgehead atoms. The highest BCUT2D eigenvalue weighted by Gasteiger charge is 2.12.